The van der Waals surface area contributed by atoms with E-state index in [0.29, 0.717) is 6.10 Å². The second-order valence-electron chi connectivity index (χ2n) is 5.75. The van der Waals surface area contributed by atoms with Gasteiger partial charge in [-0.1, -0.05) is 12.2 Å². The lowest BCUT2D eigenvalue weighted by atomic mass is 10.0. The topological polar surface area (TPSA) is 9.23 Å². The highest BCUT2D eigenvalue weighted by Crippen LogP contribution is 2.45. The van der Waals surface area contributed by atoms with Crippen LogP contribution in [0.1, 0.15) is 46.5 Å². The van der Waals surface area contributed by atoms with Gasteiger partial charge in [-0.05, 0) is 58.3 Å². The molecule has 3 unspecified atom stereocenters. The van der Waals surface area contributed by atoms with E-state index in [1.165, 1.54) is 19.3 Å². The highest BCUT2D eigenvalue weighted by atomic mass is 16.5. The Hall–Kier alpha value is -0.300. The van der Waals surface area contributed by atoms with Gasteiger partial charge in [-0.3, -0.25) is 0 Å². The zero-order valence-corrected chi connectivity index (χ0v) is 9.62. The molecular weight excluding hydrogens is 172 g/mol. The molecule has 1 heteroatoms. The van der Waals surface area contributed by atoms with Crippen LogP contribution in [0, 0.1) is 11.8 Å². The SMILES string of the molecule is CC(C)(C)OC1C/C=C/C2CC2CC1. The zero-order valence-electron chi connectivity index (χ0n) is 9.62. The minimum absolute atomic E-state index is 0.0145. The fourth-order valence-electron chi connectivity index (χ4n) is 2.37. The number of hydrogen-bond donors (Lipinski definition) is 0. The molecule has 0 aromatic rings. The minimum atomic E-state index is 0.0145. The van der Waals surface area contributed by atoms with Crippen molar-refractivity contribution in [2.75, 3.05) is 0 Å². The zero-order chi connectivity index (χ0) is 10.2. The van der Waals surface area contributed by atoms with E-state index in [9.17, 15) is 0 Å². The molecule has 0 N–H and O–H groups in total. The van der Waals surface area contributed by atoms with Crippen LogP contribution in [0.25, 0.3) is 0 Å². The van der Waals surface area contributed by atoms with Crippen molar-refractivity contribution in [1.29, 1.82) is 0 Å². The van der Waals surface area contributed by atoms with Gasteiger partial charge in [0.05, 0.1) is 11.7 Å². The van der Waals surface area contributed by atoms with E-state index in [-0.39, 0.29) is 5.60 Å². The van der Waals surface area contributed by atoms with Gasteiger partial charge in [0.25, 0.3) is 0 Å². The molecule has 0 heterocycles. The highest BCUT2D eigenvalue weighted by Gasteiger charge is 2.36. The number of allylic oxidation sites excluding steroid dienone is 1. The van der Waals surface area contributed by atoms with Crippen LogP contribution in [0.4, 0.5) is 0 Å². The van der Waals surface area contributed by atoms with E-state index in [1.807, 2.05) is 0 Å². The predicted molar refractivity (Wildman–Crippen MR) is 59.2 cm³/mol. The van der Waals surface area contributed by atoms with Gasteiger partial charge in [0.1, 0.15) is 0 Å². The number of fused-ring (bicyclic) bond motifs is 1. The standard InChI is InChI=1S/C13H22O/c1-13(2,3)14-12-6-4-5-10-9-11(10)7-8-12/h4-5,10-12H,6-9H2,1-3H3/b5-4+. The summed E-state index contributed by atoms with van der Waals surface area (Å²) in [6.07, 6.45) is 10.4. The third kappa shape index (κ3) is 2.84. The molecule has 0 spiro atoms. The van der Waals surface area contributed by atoms with Crippen molar-refractivity contribution in [3.8, 4) is 0 Å². The van der Waals surface area contributed by atoms with Crippen molar-refractivity contribution in [3.63, 3.8) is 0 Å². The first-order valence-corrected chi connectivity index (χ1v) is 5.89. The smallest absolute Gasteiger partial charge is 0.0616 e. The average molecular weight is 194 g/mol. The van der Waals surface area contributed by atoms with Gasteiger partial charge in [0.2, 0.25) is 0 Å². The number of rotatable bonds is 1. The molecule has 0 aromatic heterocycles. The molecular formula is C13H22O. The molecule has 2 aliphatic rings. The van der Waals surface area contributed by atoms with Crippen LogP contribution in [0.2, 0.25) is 0 Å². The fourth-order valence-corrected chi connectivity index (χ4v) is 2.37. The van der Waals surface area contributed by atoms with Gasteiger partial charge in [0.15, 0.2) is 0 Å². The Morgan fingerprint density at radius 3 is 2.71 bits per heavy atom. The Balaban J connectivity index is 1.87. The quantitative estimate of drug-likeness (QED) is 0.580. The van der Waals surface area contributed by atoms with Gasteiger partial charge in [-0.2, -0.15) is 0 Å². The van der Waals surface area contributed by atoms with Crippen molar-refractivity contribution in [1.82, 2.24) is 0 Å². The van der Waals surface area contributed by atoms with Gasteiger partial charge in [0, 0.05) is 0 Å². The molecule has 80 valence electrons. The second-order valence-corrected chi connectivity index (χ2v) is 5.75. The molecule has 1 saturated carbocycles. The Morgan fingerprint density at radius 1 is 1.21 bits per heavy atom. The van der Waals surface area contributed by atoms with Crippen LogP contribution < -0.4 is 0 Å². The second kappa shape index (κ2) is 3.69. The fraction of sp³-hybridized carbons (Fsp3) is 0.846. The van der Waals surface area contributed by atoms with Gasteiger partial charge in [-0.15, -0.1) is 0 Å². The lowest BCUT2D eigenvalue weighted by molar-refractivity contribution is -0.0627. The summed E-state index contributed by atoms with van der Waals surface area (Å²) in [4.78, 5) is 0. The summed E-state index contributed by atoms with van der Waals surface area (Å²) in [5.41, 5.74) is 0.0145. The van der Waals surface area contributed by atoms with Crippen LogP contribution in [0.3, 0.4) is 0 Å². The van der Waals surface area contributed by atoms with Crippen LogP contribution in [-0.4, -0.2) is 11.7 Å². The van der Waals surface area contributed by atoms with E-state index in [2.05, 4.69) is 32.9 Å². The first-order chi connectivity index (χ1) is 6.54. The maximum Gasteiger partial charge on any atom is 0.0616 e. The molecule has 1 nitrogen and oxygen atoms in total. The van der Waals surface area contributed by atoms with Crippen molar-refractivity contribution in [2.24, 2.45) is 11.8 Å². The minimum Gasteiger partial charge on any atom is -0.372 e. The summed E-state index contributed by atoms with van der Waals surface area (Å²) in [6, 6.07) is 0. The monoisotopic (exact) mass is 194 g/mol. The average Bonchev–Trinajstić information content (AvgIpc) is 2.71. The molecule has 0 saturated heterocycles. The molecule has 0 aliphatic heterocycles. The highest BCUT2D eigenvalue weighted by molar-refractivity contribution is 5.04. The lowest BCUT2D eigenvalue weighted by Gasteiger charge is -2.27. The van der Waals surface area contributed by atoms with Crippen LogP contribution >= 0.6 is 0 Å². The third-order valence-electron chi connectivity index (χ3n) is 3.14. The van der Waals surface area contributed by atoms with Crippen LogP contribution in [-0.2, 0) is 4.74 Å². The van der Waals surface area contributed by atoms with E-state index >= 15 is 0 Å². The summed E-state index contributed by atoms with van der Waals surface area (Å²) in [6.45, 7) is 6.44. The third-order valence-corrected chi connectivity index (χ3v) is 3.14. The number of hydrogen-bond acceptors (Lipinski definition) is 1. The Morgan fingerprint density at radius 2 is 2.00 bits per heavy atom. The van der Waals surface area contributed by atoms with E-state index in [4.69, 9.17) is 4.74 Å². The molecule has 0 aromatic carbocycles. The van der Waals surface area contributed by atoms with Crippen molar-refractivity contribution in [2.45, 2.75) is 58.2 Å². The Bertz CT molecular complexity index is 224. The van der Waals surface area contributed by atoms with Crippen LogP contribution in [0.5, 0.6) is 0 Å². The van der Waals surface area contributed by atoms with Crippen LogP contribution in [0.15, 0.2) is 12.2 Å². The first kappa shape index (κ1) is 10.2. The molecule has 14 heavy (non-hydrogen) atoms. The summed E-state index contributed by atoms with van der Waals surface area (Å²) in [5.74, 6) is 1.91. The van der Waals surface area contributed by atoms with E-state index in [0.717, 1.165) is 18.3 Å². The first-order valence-electron chi connectivity index (χ1n) is 5.89. The Labute approximate surface area is 87.5 Å². The molecule has 3 atom stereocenters. The largest absolute Gasteiger partial charge is 0.372 e. The van der Waals surface area contributed by atoms with Gasteiger partial charge in [-0.25, -0.2) is 0 Å². The summed E-state index contributed by atoms with van der Waals surface area (Å²) >= 11 is 0. The molecule has 1 fully saturated rings. The lowest BCUT2D eigenvalue weighted by Crippen LogP contribution is -2.27. The maximum atomic E-state index is 6.03. The predicted octanol–water partition coefficient (Wildman–Crippen LogP) is 3.55. The molecule has 2 aliphatic carbocycles. The van der Waals surface area contributed by atoms with Crippen molar-refractivity contribution in [3.05, 3.63) is 12.2 Å². The normalized spacial score (nSPS) is 39.5. The maximum absolute atomic E-state index is 6.03. The van der Waals surface area contributed by atoms with Gasteiger partial charge < -0.3 is 4.74 Å². The summed E-state index contributed by atoms with van der Waals surface area (Å²) in [5, 5.41) is 0. The molecule has 0 radical (unpaired) electrons. The van der Waals surface area contributed by atoms with Crippen molar-refractivity contribution < 1.29 is 4.74 Å². The van der Waals surface area contributed by atoms with Gasteiger partial charge >= 0.3 is 0 Å². The Kier molecular flexibility index (Phi) is 2.70. The summed E-state index contributed by atoms with van der Waals surface area (Å²) in [7, 11) is 0. The molecule has 0 bridgehead atoms. The molecule has 0 amide bonds. The van der Waals surface area contributed by atoms with E-state index < -0.39 is 0 Å². The van der Waals surface area contributed by atoms with E-state index in [1.54, 1.807) is 0 Å². The number of ether oxygens (including phenoxy) is 1. The summed E-state index contributed by atoms with van der Waals surface area (Å²) < 4.78 is 6.03. The van der Waals surface area contributed by atoms with Crippen molar-refractivity contribution >= 4 is 0 Å². The molecule has 2 rings (SSSR count).